The van der Waals surface area contributed by atoms with Crippen molar-refractivity contribution in [3.63, 3.8) is 0 Å². The Morgan fingerprint density at radius 1 is 0.828 bits per heavy atom. The van der Waals surface area contributed by atoms with E-state index in [-0.39, 0.29) is 6.61 Å². The highest BCUT2D eigenvalue weighted by Crippen LogP contribution is 2.48. The number of hydrogen-bond donors (Lipinski definition) is 1. The lowest BCUT2D eigenvalue weighted by atomic mass is 10.1. The summed E-state index contributed by atoms with van der Waals surface area (Å²) in [5, 5.41) is 3.55. The van der Waals surface area contributed by atoms with Gasteiger partial charge in [0.1, 0.15) is 0 Å². The van der Waals surface area contributed by atoms with Crippen LogP contribution in [0, 0.1) is 0 Å². The van der Waals surface area contributed by atoms with Gasteiger partial charge in [0, 0.05) is 16.2 Å². The summed E-state index contributed by atoms with van der Waals surface area (Å²) in [6.07, 6.45) is -0.783. The van der Waals surface area contributed by atoms with E-state index in [9.17, 15) is 14.2 Å². The fraction of sp³-hybridized carbons (Fsp3) is 0.130. The fourth-order valence-electron chi connectivity index (χ4n) is 3.11. The van der Waals surface area contributed by atoms with E-state index in [1.165, 1.54) is 0 Å². The highest BCUT2D eigenvalue weighted by molar-refractivity contribution is 7.80. The van der Waals surface area contributed by atoms with E-state index in [0.29, 0.717) is 16.2 Å². The maximum atomic E-state index is 14.6. The van der Waals surface area contributed by atoms with Crippen molar-refractivity contribution in [2.24, 2.45) is 0 Å². The van der Waals surface area contributed by atoms with Crippen molar-refractivity contribution in [3.8, 4) is 0 Å². The Balaban J connectivity index is 2.19. The Bertz CT molecular complexity index is 963. The fourth-order valence-corrected chi connectivity index (χ4v) is 6.00. The van der Waals surface area contributed by atoms with Gasteiger partial charge in [0.05, 0.1) is 6.61 Å². The van der Waals surface area contributed by atoms with E-state index >= 15 is 0 Å². The van der Waals surface area contributed by atoms with E-state index in [2.05, 4.69) is 5.32 Å². The molecule has 1 amide bonds. The summed E-state index contributed by atoms with van der Waals surface area (Å²) in [5.41, 5.74) is 0.362. The van der Waals surface area contributed by atoms with Crippen molar-refractivity contribution in [3.05, 3.63) is 96.6 Å². The Hall–Kier alpha value is -3.17. The van der Waals surface area contributed by atoms with Crippen LogP contribution in [0.4, 0.5) is 4.79 Å². The van der Waals surface area contributed by atoms with Gasteiger partial charge < -0.3 is 14.6 Å². The smallest absolute Gasteiger partial charge is 0.408 e. The first kappa shape index (κ1) is 20.6. The van der Waals surface area contributed by atoms with E-state index in [0.717, 1.165) is 0 Å². The molecule has 29 heavy (non-hydrogen) atoms. The number of amides is 1. The molecule has 0 radical (unpaired) electrons. The van der Waals surface area contributed by atoms with Crippen molar-refractivity contribution in [1.82, 2.24) is 5.32 Å². The van der Waals surface area contributed by atoms with E-state index in [1.807, 2.05) is 12.1 Å². The third-order valence-electron chi connectivity index (χ3n) is 4.48. The molecule has 0 spiro atoms. The molecule has 1 atom stereocenters. The normalized spacial score (nSPS) is 12.0. The van der Waals surface area contributed by atoms with Crippen LogP contribution in [0.3, 0.4) is 0 Å². The van der Waals surface area contributed by atoms with Gasteiger partial charge in [0.2, 0.25) is 0 Å². The zero-order chi connectivity index (χ0) is 20.7. The summed E-state index contributed by atoms with van der Waals surface area (Å²) in [6.45, 7) is 1.81. The zero-order valence-electron chi connectivity index (χ0n) is 16.0. The summed E-state index contributed by atoms with van der Waals surface area (Å²) in [5.74, 6) is -1.73. The molecule has 3 rings (SSSR count). The van der Waals surface area contributed by atoms with Crippen molar-refractivity contribution < 1.29 is 18.9 Å². The average molecular weight is 407 g/mol. The van der Waals surface area contributed by atoms with Crippen molar-refractivity contribution >= 4 is 29.6 Å². The van der Waals surface area contributed by atoms with Crippen LogP contribution < -0.4 is 15.9 Å². The molecular weight excluding hydrogens is 385 g/mol. The monoisotopic (exact) mass is 407 g/mol. The standard InChI is InChI=1S/C23H22NO4P/c1-2-28-23(26)24-22(21(25)18-12-6-3-7-13-18)29(27,19-14-8-4-9-15-19)20-16-10-5-11-17-20/h3-17,22H,2H2,1H3,(H,24,26). The van der Waals surface area contributed by atoms with Gasteiger partial charge in [-0.2, -0.15) is 0 Å². The van der Waals surface area contributed by atoms with E-state index in [1.54, 1.807) is 85.8 Å². The molecule has 0 aliphatic rings. The van der Waals surface area contributed by atoms with E-state index < -0.39 is 24.8 Å². The number of rotatable bonds is 7. The third kappa shape index (κ3) is 4.47. The predicted octanol–water partition coefficient (Wildman–Crippen LogP) is 3.96. The lowest BCUT2D eigenvalue weighted by Crippen LogP contribution is -2.45. The van der Waals surface area contributed by atoms with Gasteiger partial charge in [0.15, 0.2) is 18.7 Å². The topological polar surface area (TPSA) is 72.5 Å². The summed E-state index contributed by atoms with van der Waals surface area (Å²) in [7, 11) is -3.59. The summed E-state index contributed by atoms with van der Waals surface area (Å²) < 4.78 is 19.6. The van der Waals surface area contributed by atoms with Gasteiger partial charge >= 0.3 is 6.09 Å². The Morgan fingerprint density at radius 3 is 1.72 bits per heavy atom. The number of benzene rings is 3. The molecule has 5 nitrogen and oxygen atoms in total. The Labute approximate surface area is 170 Å². The first-order valence-electron chi connectivity index (χ1n) is 9.31. The SMILES string of the molecule is CCOC(=O)NC(C(=O)c1ccccc1)P(=O)(c1ccccc1)c1ccccc1. The second-order valence-corrected chi connectivity index (χ2v) is 9.19. The molecule has 0 heterocycles. The average Bonchev–Trinajstić information content (AvgIpc) is 2.78. The highest BCUT2D eigenvalue weighted by Gasteiger charge is 2.43. The number of alkyl carbamates (subject to hydrolysis) is 1. The number of ketones is 1. The second-order valence-electron chi connectivity index (χ2n) is 6.33. The maximum Gasteiger partial charge on any atom is 0.408 e. The number of carbonyl (C=O) groups is 2. The molecule has 6 heteroatoms. The first-order chi connectivity index (χ1) is 14.1. The molecule has 0 fully saturated rings. The second kappa shape index (κ2) is 9.35. The lowest BCUT2D eigenvalue weighted by Gasteiger charge is -2.28. The predicted molar refractivity (Wildman–Crippen MR) is 114 cm³/mol. The van der Waals surface area contributed by atoms with Crippen LogP contribution in [-0.4, -0.2) is 24.3 Å². The van der Waals surface area contributed by atoms with Crippen LogP contribution in [0.5, 0.6) is 0 Å². The summed E-state index contributed by atoms with van der Waals surface area (Å²) in [6, 6.07) is 26.1. The van der Waals surface area contributed by atoms with Gasteiger partial charge in [0.25, 0.3) is 0 Å². The Kier molecular flexibility index (Phi) is 6.63. The molecule has 0 bridgehead atoms. The van der Waals surface area contributed by atoms with Crippen molar-refractivity contribution in [1.29, 1.82) is 0 Å². The number of nitrogens with one attached hydrogen (secondary N) is 1. The van der Waals surface area contributed by atoms with Gasteiger partial charge in [-0.1, -0.05) is 91.0 Å². The van der Waals surface area contributed by atoms with Crippen LogP contribution in [0.25, 0.3) is 0 Å². The quantitative estimate of drug-likeness (QED) is 0.475. The molecule has 3 aromatic rings. The summed E-state index contributed by atoms with van der Waals surface area (Å²) >= 11 is 0. The maximum absolute atomic E-state index is 14.6. The van der Waals surface area contributed by atoms with Crippen molar-refractivity contribution in [2.75, 3.05) is 6.61 Å². The minimum absolute atomic E-state index is 0.138. The lowest BCUT2D eigenvalue weighted by molar-refractivity contribution is 0.0960. The number of hydrogen-bond acceptors (Lipinski definition) is 4. The van der Waals surface area contributed by atoms with Gasteiger partial charge in [-0.15, -0.1) is 0 Å². The number of carbonyl (C=O) groups excluding carboxylic acids is 2. The molecule has 1 unspecified atom stereocenters. The minimum Gasteiger partial charge on any atom is -0.450 e. The van der Waals surface area contributed by atoms with E-state index in [4.69, 9.17) is 4.74 Å². The minimum atomic E-state index is -3.59. The van der Waals surface area contributed by atoms with Crippen LogP contribution in [0.15, 0.2) is 91.0 Å². The molecule has 0 aromatic heterocycles. The number of ether oxygens (including phenoxy) is 1. The molecule has 0 saturated heterocycles. The zero-order valence-corrected chi connectivity index (χ0v) is 16.9. The largest absolute Gasteiger partial charge is 0.450 e. The molecule has 1 N–H and O–H groups in total. The molecule has 0 aliphatic carbocycles. The van der Waals surface area contributed by atoms with Gasteiger partial charge in [-0.05, 0) is 6.92 Å². The highest BCUT2D eigenvalue weighted by atomic mass is 31.2. The van der Waals surface area contributed by atoms with Crippen molar-refractivity contribution in [2.45, 2.75) is 12.7 Å². The Morgan fingerprint density at radius 2 is 1.28 bits per heavy atom. The third-order valence-corrected chi connectivity index (χ3v) is 7.70. The number of Topliss-reactive ketones (excluding diaryl/α,β-unsaturated/α-hetero) is 1. The molecule has 0 saturated carbocycles. The first-order valence-corrected chi connectivity index (χ1v) is 11.1. The van der Waals surface area contributed by atoms with Gasteiger partial charge in [-0.3, -0.25) is 4.79 Å². The van der Waals surface area contributed by atoms with Crippen LogP contribution in [0.1, 0.15) is 17.3 Å². The molecule has 0 aliphatic heterocycles. The summed E-state index contributed by atoms with van der Waals surface area (Å²) in [4.78, 5) is 25.7. The molecular formula is C23H22NO4P. The van der Waals surface area contributed by atoms with Gasteiger partial charge in [-0.25, -0.2) is 4.79 Å². The molecule has 148 valence electrons. The van der Waals surface area contributed by atoms with Crippen LogP contribution in [-0.2, 0) is 9.30 Å². The molecule has 3 aromatic carbocycles. The van der Waals surface area contributed by atoms with Crippen LogP contribution in [0.2, 0.25) is 0 Å². The van der Waals surface area contributed by atoms with Crippen LogP contribution >= 0.6 is 7.14 Å².